The maximum Gasteiger partial charge on any atom is 0.259 e. The van der Waals surface area contributed by atoms with Gasteiger partial charge < -0.3 is 9.73 Å². The Balaban J connectivity index is 2.20. The fraction of sp³-hybridized carbons (Fsp3) is 0.250. The molecule has 1 amide bonds. The van der Waals surface area contributed by atoms with Gasteiger partial charge in [0, 0.05) is 5.56 Å². The second kappa shape index (κ2) is 4.37. The normalized spacial score (nSPS) is 10.3. The van der Waals surface area contributed by atoms with Crippen LogP contribution in [0.15, 0.2) is 23.1 Å². The van der Waals surface area contributed by atoms with E-state index in [0.717, 1.165) is 5.56 Å². The van der Waals surface area contributed by atoms with E-state index in [1.807, 2.05) is 6.92 Å². The molecule has 5 heteroatoms. The molecular formula is C12H13N3O2. The highest BCUT2D eigenvalue weighted by molar-refractivity contribution is 6.05. The largest absolute Gasteiger partial charge is 0.469 e. The van der Waals surface area contributed by atoms with Gasteiger partial charge in [-0.05, 0) is 20.8 Å². The van der Waals surface area contributed by atoms with Crippen molar-refractivity contribution in [1.29, 1.82) is 0 Å². The summed E-state index contributed by atoms with van der Waals surface area (Å²) in [6.45, 7) is 5.38. The Morgan fingerprint density at radius 1 is 1.24 bits per heavy atom. The van der Waals surface area contributed by atoms with Gasteiger partial charge in [-0.2, -0.15) is 0 Å². The number of nitrogens with one attached hydrogen (secondary N) is 1. The minimum atomic E-state index is -0.207. The molecule has 0 aliphatic carbocycles. The number of carbonyl (C=O) groups excluding carboxylic acids is 1. The summed E-state index contributed by atoms with van der Waals surface area (Å²) in [5.74, 6) is 1.06. The molecule has 0 unspecified atom stereocenters. The lowest BCUT2D eigenvalue weighted by molar-refractivity contribution is 0.102. The highest BCUT2D eigenvalue weighted by Gasteiger charge is 2.15. The van der Waals surface area contributed by atoms with Crippen molar-refractivity contribution in [3.05, 3.63) is 41.4 Å². The maximum atomic E-state index is 12.0. The van der Waals surface area contributed by atoms with Gasteiger partial charge in [0.1, 0.15) is 11.6 Å². The van der Waals surface area contributed by atoms with Crippen LogP contribution < -0.4 is 5.32 Å². The molecule has 0 atom stereocenters. The van der Waals surface area contributed by atoms with Crippen molar-refractivity contribution in [2.24, 2.45) is 0 Å². The van der Waals surface area contributed by atoms with Crippen LogP contribution in [0.2, 0.25) is 0 Å². The molecule has 2 rings (SSSR count). The van der Waals surface area contributed by atoms with Crippen LogP contribution in [-0.4, -0.2) is 15.9 Å². The van der Waals surface area contributed by atoms with E-state index >= 15 is 0 Å². The monoisotopic (exact) mass is 231 g/mol. The van der Waals surface area contributed by atoms with Crippen LogP contribution in [0.5, 0.6) is 0 Å². The Morgan fingerprint density at radius 2 is 1.88 bits per heavy atom. The lowest BCUT2D eigenvalue weighted by Crippen LogP contribution is -2.13. The average molecular weight is 231 g/mol. The van der Waals surface area contributed by atoms with E-state index in [0.29, 0.717) is 22.8 Å². The van der Waals surface area contributed by atoms with Gasteiger partial charge in [-0.25, -0.2) is 9.97 Å². The predicted octanol–water partition coefficient (Wildman–Crippen LogP) is 2.25. The molecule has 2 heterocycles. The van der Waals surface area contributed by atoms with Gasteiger partial charge in [0.25, 0.3) is 5.91 Å². The van der Waals surface area contributed by atoms with E-state index in [1.165, 1.54) is 0 Å². The molecule has 5 nitrogen and oxygen atoms in total. The molecule has 0 spiro atoms. The molecule has 0 aliphatic rings. The number of hydrogen-bond acceptors (Lipinski definition) is 4. The number of anilines is 1. The molecule has 1 N–H and O–H groups in total. The molecule has 2 aromatic rings. The Morgan fingerprint density at radius 3 is 2.41 bits per heavy atom. The van der Waals surface area contributed by atoms with Crippen molar-refractivity contribution in [1.82, 2.24) is 9.97 Å². The fourth-order valence-corrected chi connectivity index (χ4v) is 1.56. The van der Waals surface area contributed by atoms with Crippen LogP contribution in [0.25, 0.3) is 0 Å². The number of amides is 1. The number of carbonyl (C=O) groups is 1. The molecule has 2 aromatic heterocycles. The summed E-state index contributed by atoms with van der Waals surface area (Å²) in [6, 6.07) is 0. The van der Waals surface area contributed by atoms with Crippen LogP contribution >= 0.6 is 0 Å². The van der Waals surface area contributed by atoms with Crippen LogP contribution in [0.4, 0.5) is 5.69 Å². The topological polar surface area (TPSA) is 68.0 Å². The zero-order valence-electron chi connectivity index (χ0n) is 9.94. The summed E-state index contributed by atoms with van der Waals surface area (Å²) in [5, 5.41) is 2.73. The minimum Gasteiger partial charge on any atom is -0.469 e. The third-order valence-corrected chi connectivity index (χ3v) is 2.42. The molecule has 0 bridgehead atoms. The van der Waals surface area contributed by atoms with Crippen molar-refractivity contribution in [3.63, 3.8) is 0 Å². The van der Waals surface area contributed by atoms with Crippen molar-refractivity contribution < 1.29 is 9.21 Å². The van der Waals surface area contributed by atoms with Crippen LogP contribution in [0, 0.1) is 20.8 Å². The first-order valence-electron chi connectivity index (χ1n) is 5.22. The standard InChI is InChI=1S/C12H13N3O2/c1-7-6-17-8(2)11(7)12(16)15-10-4-13-9(3)14-5-10/h4-6H,1-3H3,(H,15,16). The molecule has 0 saturated carbocycles. The SMILES string of the molecule is Cc1ncc(NC(=O)c2c(C)coc2C)cn1. The van der Waals surface area contributed by atoms with E-state index in [1.54, 1.807) is 32.5 Å². The summed E-state index contributed by atoms with van der Waals surface area (Å²) >= 11 is 0. The van der Waals surface area contributed by atoms with E-state index in [9.17, 15) is 4.79 Å². The number of hydrogen-bond donors (Lipinski definition) is 1. The van der Waals surface area contributed by atoms with Crippen molar-refractivity contribution in [2.45, 2.75) is 20.8 Å². The zero-order valence-corrected chi connectivity index (χ0v) is 9.94. The lowest BCUT2D eigenvalue weighted by atomic mass is 10.1. The van der Waals surface area contributed by atoms with E-state index in [2.05, 4.69) is 15.3 Å². The van der Waals surface area contributed by atoms with Crippen molar-refractivity contribution >= 4 is 11.6 Å². The van der Waals surface area contributed by atoms with E-state index < -0.39 is 0 Å². The predicted molar refractivity (Wildman–Crippen MR) is 62.9 cm³/mol. The summed E-state index contributed by atoms with van der Waals surface area (Å²) in [4.78, 5) is 20.0. The van der Waals surface area contributed by atoms with Gasteiger partial charge in [-0.15, -0.1) is 0 Å². The number of aryl methyl sites for hydroxylation is 3. The maximum absolute atomic E-state index is 12.0. The molecular weight excluding hydrogens is 218 g/mol. The first kappa shape index (κ1) is 11.3. The zero-order chi connectivity index (χ0) is 12.4. The Bertz CT molecular complexity index is 524. The van der Waals surface area contributed by atoms with Gasteiger partial charge in [-0.3, -0.25) is 4.79 Å². The number of nitrogens with zero attached hydrogens (tertiary/aromatic N) is 2. The lowest BCUT2D eigenvalue weighted by Gasteiger charge is -2.04. The van der Waals surface area contributed by atoms with E-state index in [-0.39, 0.29) is 5.91 Å². The summed E-state index contributed by atoms with van der Waals surface area (Å²) < 4.78 is 5.18. The van der Waals surface area contributed by atoms with Crippen LogP contribution in [0.3, 0.4) is 0 Å². The van der Waals surface area contributed by atoms with Gasteiger partial charge in [0.15, 0.2) is 0 Å². The first-order chi connectivity index (χ1) is 8.08. The molecule has 0 aromatic carbocycles. The summed E-state index contributed by atoms with van der Waals surface area (Å²) in [7, 11) is 0. The number of aromatic nitrogens is 2. The molecule has 88 valence electrons. The summed E-state index contributed by atoms with van der Waals surface area (Å²) in [6.07, 6.45) is 4.71. The molecule has 0 radical (unpaired) electrons. The Labute approximate surface area is 98.9 Å². The smallest absolute Gasteiger partial charge is 0.259 e. The highest BCUT2D eigenvalue weighted by Crippen LogP contribution is 2.17. The average Bonchev–Trinajstić information content (AvgIpc) is 2.62. The Kier molecular flexibility index (Phi) is 2.91. The molecule has 17 heavy (non-hydrogen) atoms. The van der Waals surface area contributed by atoms with Gasteiger partial charge in [-0.1, -0.05) is 0 Å². The highest BCUT2D eigenvalue weighted by atomic mass is 16.3. The summed E-state index contributed by atoms with van der Waals surface area (Å²) in [5.41, 5.74) is 1.94. The number of rotatable bonds is 2. The fourth-order valence-electron chi connectivity index (χ4n) is 1.56. The third kappa shape index (κ3) is 2.33. The van der Waals surface area contributed by atoms with Gasteiger partial charge in [0.2, 0.25) is 0 Å². The van der Waals surface area contributed by atoms with Crippen molar-refractivity contribution in [3.8, 4) is 0 Å². The van der Waals surface area contributed by atoms with Gasteiger partial charge in [0.05, 0.1) is 29.9 Å². The minimum absolute atomic E-state index is 0.207. The first-order valence-corrected chi connectivity index (χ1v) is 5.22. The molecule has 0 fully saturated rings. The second-order valence-electron chi connectivity index (χ2n) is 3.82. The van der Waals surface area contributed by atoms with Crippen molar-refractivity contribution in [2.75, 3.05) is 5.32 Å². The molecule has 0 saturated heterocycles. The van der Waals surface area contributed by atoms with Gasteiger partial charge >= 0.3 is 0 Å². The second-order valence-corrected chi connectivity index (χ2v) is 3.82. The third-order valence-electron chi connectivity index (χ3n) is 2.42. The Hall–Kier alpha value is -2.17. The molecule has 0 aliphatic heterocycles. The van der Waals surface area contributed by atoms with Crippen LogP contribution in [0.1, 0.15) is 27.5 Å². The van der Waals surface area contributed by atoms with E-state index in [4.69, 9.17) is 4.42 Å². The van der Waals surface area contributed by atoms with Crippen LogP contribution in [-0.2, 0) is 0 Å². The number of furan rings is 1. The quantitative estimate of drug-likeness (QED) is 0.860.